The zero-order valence-corrected chi connectivity index (χ0v) is 15.5. The summed E-state index contributed by atoms with van der Waals surface area (Å²) >= 11 is 0. The maximum atomic E-state index is 12.7. The molecule has 1 aromatic rings. The molecule has 1 heterocycles. The molecule has 0 radical (unpaired) electrons. The predicted molar refractivity (Wildman–Crippen MR) is 101 cm³/mol. The number of amides is 1. The van der Waals surface area contributed by atoms with Gasteiger partial charge in [0.25, 0.3) is 0 Å². The van der Waals surface area contributed by atoms with Gasteiger partial charge < -0.3 is 15.5 Å². The molecule has 0 aromatic heterocycles. The van der Waals surface area contributed by atoms with Crippen molar-refractivity contribution in [3.8, 4) is 0 Å². The summed E-state index contributed by atoms with van der Waals surface area (Å²) in [5.74, 6) is 0.186. The van der Waals surface area contributed by atoms with Crippen LogP contribution in [-0.4, -0.2) is 72.5 Å². The molecule has 25 heavy (non-hydrogen) atoms. The normalized spacial score (nSPS) is 21.0. The number of carbonyl (C=O) groups excluding carboxylic acids is 1. The van der Waals surface area contributed by atoms with Crippen LogP contribution in [0.4, 0.5) is 0 Å². The van der Waals surface area contributed by atoms with Gasteiger partial charge in [-0.15, -0.1) is 0 Å². The summed E-state index contributed by atoms with van der Waals surface area (Å²) in [7, 11) is 2.17. The third-order valence-corrected chi connectivity index (χ3v) is 5.67. The largest absolute Gasteiger partial charge is 0.339 e. The van der Waals surface area contributed by atoms with E-state index in [0.29, 0.717) is 0 Å². The number of nitrogens with two attached hydrogens (primary N) is 1. The Morgan fingerprint density at radius 3 is 2.40 bits per heavy atom. The molecule has 1 amide bonds. The molecule has 5 nitrogen and oxygen atoms in total. The number of benzene rings is 1. The maximum Gasteiger partial charge on any atom is 0.242 e. The monoisotopic (exact) mass is 344 g/mol. The van der Waals surface area contributed by atoms with Crippen molar-refractivity contribution in [3.63, 3.8) is 0 Å². The lowest BCUT2D eigenvalue weighted by Crippen LogP contribution is -2.58. The number of rotatable bonds is 6. The van der Waals surface area contributed by atoms with Gasteiger partial charge in [-0.2, -0.15) is 0 Å². The van der Waals surface area contributed by atoms with Gasteiger partial charge in [0.05, 0.1) is 5.54 Å². The number of hydrogen-bond donors (Lipinski definition) is 1. The lowest BCUT2D eigenvalue weighted by atomic mass is 9.97. The summed E-state index contributed by atoms with van der Waals surface area (Å²) in [4.78, 5) is 19.5. The van der Waals surface area contributed by atoms with Gasteiger partial charge in [0.1, 0.15) is 0 Å². The van der Waals surface area contributed by atoms with Crippen molar-refractivity contribution in [3.05, 3.63) is 35.9 Å². The minimum atomic E-state index is -0.571. The van der Waals surface area contributed by atoms with Crippen LogP contribution in [0.5, 0.6) is 0 Å². The Labute approximate surface area is 151 Å². The minimum absolute atomic E-state index is 0.186. The minimum Gasteiger partial charge on any atom is -0.339 e. The second-order valence-corrected chi connectivity index (χ2v) is 7.72. The highest BCUT2D eigenvalue weighted by Crippen LogP contribution is 2.29. The average molecular weight is 345 g/mol. The van der Waals surface area contributed by atoms with E-state index in [9.17, 15) is 4.79 Å². The van der Waals surface area contributed by atoms with Gasteiger partial charge in [-0.05, 0) is 25.5 Å². The predicted octanol–water partition coefficient (Wildman–Crippen LogP) is 1.53. The van der Waals surface area contributed by atoms with Crippen LogP contribution in [0.25, 0.3) is 0 Å². The van der Waals surface area contributed by atoms with Crippen LogP contribution in [0, 0.1) is 0 Å². The van der Waals surface area contributed by atoms with Gasteiger partial charge in [0.2, 0.25) is 5.91 Å². The van der Waals surface area contributed by atoms with Crippen LogP contribution in [0.15, 0.2) is 30.3 Å². The first-order chi connectivity index (χ1) is 12.1. The lowest BCUT2D eigenvalue weighted by molar-refractivity contribution is -0.138. The van der Waals surface area contributed by atoms with Crippen molar-refractivity contribution >= 4 is 5.91 Å². The topological polar surface area (TPSA) is 52.8 Å². The van der Waals surface area contributed by atoms with Crippen molar-refractivity contribution in [1.82, 2.24) is 14.7 Å². The van der Waals surface area contributed by atoms with Crippen LogP contribution in [0.1, 0.15) is 31.2 Å². The Kier molecular flexibility index (Phi) is 6.10. The SMILES string of the molecule is CN(CCN1CCN(C(=O)C2(N)CCCC2)CC1)Cc1ccccc1. The van der Waals surface area contributed by atoms with E-state index in [1.165, 1.54) is 5.56 Å². The molecule has 1 aliphatic carbocycles. The van der Waals surface area contributed by atoms with Crippen LogP contribution >= 0.6 is 0 Å². The van der Waals surface area contributed by atoms with Gasteiger partial charge in [-0.25, -0.2) is 0 Å². The first-order valence-corrected chi connectivity index (χ1v) is 9.60. The van der Waals surface area contributed by atoms with Crippen molar-refractivity contribution in [1.29, 1.82) is 0 Å². The highest BCUT2D eigenvalue weighted by molar-refractivity contribution is 5.86. The Morgan fingerprint density at radius 1 is 1.12 bits per heavy atom. The molecule has 2 aliphatic rings. The molecule has 2 N–H and O–H groups in total. The molecule has 2 fully saturated rings. The van der Waals surface area contributed by atoms with E-state index in [1.807, 2.05) is 4.90 Å². The smallest absolute Gasteiger partial charge is 0.242 e. The molecule has 0 unspecified atom stereocenters. The average Bonchev–Trinajstić information content (AvgIpc) is 3.08. The quantitative estimate of drug-likeness (QED) is 0.850. The molecule has 5 heteroatoms. The van der Waals surface area contributed by atoms with Crippen LogP contribution in [0.3, 0.4) is 0 Å². The fraction of sp³-hybridized carbons (Fsp3) is 0.650. The fourth-order valence-corrected chi connectivity index (χ4v) is 4.00. The number of hydrogen-bond acceptors (Lipinski definition) is 4. The molecule has 1 saturated carbocycles. The van der Waals surface area contributed by atoms with Gasteiger partial charge in [0, 0.05) is 45.8 Å². The number of piperazine rings is 1. The third-order valence-electron chi connectivity index (χ3n) is 5.67. The summed E-state index contributed by atoms with van der Waals surface area (Å²) in [5, 5.41) is 0. The third kappa shape index (κ3) is 4.81. The van der Waals surface area contributed by atoms with Crippen LogP contribution in [-0.2, 0) is 11.3 Å². The van der Waals surface area contributed by atoms with Gasteiger partial charge in [0.15, 0.2) is 0 Å². The van der Waals surface area contributed by atoms with Gasteiger partial charge in [-0.1, -0.05) is 43.2 Å². The molecule has 3 rings (SSSR count). The van der Waals surface area contributed by atoms with Gasteiger partial charge >= 0.3 is 0 Å². The van der Waals surface area contributed by atoms with Crippen molar-refractivity contribution < 1.29 is 4.79 Å². The van der Waals surface area contributed by atoms with Crippen LogP contribution < -0.4 is 5.73 Å². The molecule has 138 valence electrons. The zero-order chi connectivity index (χ0) is 17.7. The molecule has 0 atom stereocenters. The van der Waals surface area contributed by atoms with E-state index in [2.05, 4.69) is 47.2 Å². The number of likely N-dealkylation sites (N-methyl/N-ethyl adjacent to an activating group) is 1. The molecule has 0 spiro atoms. The van der Waals surface area contributed by atoms with E-state index >= 15 is 0 Å². The highest BCUT2D eigenvalue weighted by Gasteiger charge is 2.40. The highest BCUT2D eigenvalue weighted by atomic mass is 16.2. The van der Waals surface area contributed by atoms with Crippen LogP contribution in [0.2, 0.25) is 0 Å². The second kappa shape index (κ2) is 8.30. The Morgan fingerprint density at radius 2 is 1.76 bits per heavy atom. The van der Waals surface area contributed by atoms with Crippen molar-refractivity contribution in [2.24, 2.45) is 5.73 Å². The first kappa shape index (κ1) is 18.4. The van der Waals surface area contributed by atoms with Crippen molar-refractivity contribution in [2.75, 3.05) is 46.3 Å². The lowest BCUT2D eigenvalue weighted by Gasteiger charge is -2.38. The molecule has 1 aromatic carbocycles. The fourth-order valence-electron chi connectivity index (χ4n) is 4.00. The Balaban J connectivity index is 1.38. The summed E-state index contributed by atoms with van der Waals surface area (Å²) in [6, 6.07) is 10.6. The van der Waals surface area contributed by atoms with E-state index in [1.54, 1.807) is 0 Å². The molecule has 1 aliphatic heterocycles. The Bertz CT molecular complexity index is 548. The molecular weight excluding hydrogens is 312 g/mol. The van der Waals surface area contributed by atoms with E-state index in [0.717, 1.165) is 71.5 Å². The summed E-state index contributed by atoms with van der Waals surface area (Å²) < 4.78 is 0. The molecule has 0 bridgehead atoms. The van der Waals surface area contributed by atoms with Crippen molar-refractivity contribution in [2.45, 2.75) is 37.8 Å². The first-order valence-electron chi connectivity index (χ1n) is 9.60. The molecule has 1 saturated heterocycles. The van der Waals surface area contributed by atoms with Gasteiger partial charge in [-0.3, -0.25) is 9.69 Å². The zero-order valence-electron chi connectivity index (χ0n) is 15.5. The standard InChI is InChI=1S/C20H32N4O/c1-22(17-18-7-3-2-4-8-18)11-12-23-13-15-24(16-14-23)19(25)20(21)9-5-6-10-20/h2-4,7-8H,5-6,9-17,21H2,1H3. The number of nitrogens with zero attached hydrogens (tertiary/aromatic N) is 3. The summed E-state index contributed by atoms with van der Waals surface area (Å²) in [6.45, 7) is 6.64. The second-order valence-electron chi connectivity index (χ2n) is 7.72. The maximum absolute atomic E-state index is 12.7. The van der Waals surface area contributed by atoms with E-state index in [4.69, 9.17) is 5.73 Å². The molecular formula is C20H32N4O. The van der Waals surface area contributed by atoms with E-state index < -0.39 is 5.54 Å². The summed E-state index contributed by atoms with van der Waals surface area (Å²) in [6.07, 6.45) is 3.90. The summed E-state index contributed by atoms with van der Waals surface area (Å²) in [5.41, 5.74) is 7.11. The number of carbonyl (C=O) groups is 1. The Hall–Kier alpha value is -1.43. The van der Waals surface area contributed by atoms with E-state index in [-0.39, 0.29) is 5.91 Å².